The van der Waals surface area contributed by atoms with E-state index in [0.29, 0.717) is 10.6 Å². The summed E-state index contributed by atoms with van der Waals surface area (Å²) in [6.45, 7) is 1.62. The van der Waals surface area contributed by atoms with Gasteiger partial charge in [-0.05, 0) is 31.2 Å². The summed E-state index contributed by atoms with van der Waals surface area (Å²) in [6, 6.07) is 6.86. The molecular formula is C13H11F2NOS. The van der Waals surface area contributed by atoms with Gasteiger partial charge in [-0.15, -0.1) is 0 Å². The molecule has 0 aliphatic heterocycles. The lowest BCUT2D eigenvalue weighted by molar-refractivity contribution is 0.194. The zero-order valence-corrected chi connectivity index (χ0v) is 10.4. The van der Waals surface area contributed by atoms with Crippen LogP contribution in [0.1, 0.15) is 18.7 Å². The lowest BCUT2D eigenvalue weighted by atomic mass is 10.2. The highest BCUT2D eigenvalue weighted by molar-refractivity contribution is 7.99. The SMILES string of the molecule is CC(O)c1ccc(Sc2ccc(F)cc2F)cn1. The van der Waals surface area contributed by atoms with Crippen molar-refractivity contribution >= 4 is 11.8 Å². The number of aliphatic hydroxyl groups is 1. The first-order valence-corrected chi connectivity index (χ1v) is 6.15. The number of hydrogen-bond donors (Lipinski definition) is 1. The Kier molecular flexibility index (Phi) is 3.93. The van der Waals surface area contributed by atoms with E-state index in [1.165, 1.54) is 12.1 Å². The molecule has 94 valence electrons. The standard InChI is InChI=1S/C13H11F2NOS/c1-8(17)12-4-3-10(7-16-12)18-13-5-2-9(14)6-11(13)15/h2-8,17H,1H3. The quantitative estimate of drug-likeness (QED) is 0.923. The van der Waals surface area contributed by atoms with Crippen LogP contribution in [0.3, 0.4) is 0 Å². The van der Waals surface area contributed by atoms with E-state index in [1.807, 2.05) is 0 Å². The summed E-state index contributed by atoms with van der Waals surface area (Å²) in [5.74, 6) is -1.20. The largest absolute Gasteiger partial charge is 0.387 e. The Labute approximate surface area is 108 Å². The highest BCUT2D eigenvalue weighted by Crippen LogP contribution is 2.30. The first-order valence-electron chi connectivity index (χ1n) is 5.33. The van der Waals surface area contributed by atoms with Gasteiger partial charge in [0.2, 0.25) is 0 Å². The third-order valence-corrected chi connectivity index (χ3v) is 3.34. The van der Waals surface area contributed by atoms with Crippen molar-refractivity contribution in [1.82, 2.24) is 4.98 Å². The van der Waals surface area contributed by atoms with E-state index < -0.39 is 17.7 Å². The van der Waals surface area contributed by atoms with E-state index in [2.05, 4.69) is 4.98 Å². The topological polar surface area (TPSA) is 33.1 Å². The number of halogens is 2. The molecule has 0 bridgehead atoms. The summed E-state index contributed by atoms with van der Waals surface area (Å²) in [5.41, 5.74) is 0.555. The first kappa shape index (κ1) is 13.0. The summed E-state index contributed by atoms with van der Waals surface area (Å²) < 4.78 is 26.2. The number of aromatic nitrogens is 1. The maximum absolute atomic E-state index is 13.4. The van der Waals surface area contributed by atoms with Gasteiger partial charge in [-0.3, -0.25) is 4.98 Å². The van der Waals surface area contributed by atoms with Gasteiger partial charge in [0.1, 0.15) is 11.6 Å². The highest BCUT2D eigenvalue weighted by atomic mass is 32.2. The van der Waals surface area contributed by atoms with Gasteiger partial charge in [0.25, 0.3) is 0 Å². The Balaban J connectivity index is 2.18. The molecule has 1 unspecified atom stereocenters. The summed E-state index contributed by atoms with van der Waals surface area (Å²) in [4.78, 5) is 5.12. The molecule has 0 aliphatic rings. The van der Waals surface area contributed by atoms with Crippen LogP contribution in [0.4, 0.5) is 8.78 Å². The summed E-state index contributed by atoms with van der Waals surface area (Å²) in [5, 5.41) is 9.31. The molecule has 5 heteroatoms. The Hall–Kier alpha value is -1.46. The van der Waals surface area contributed by atoms with Gasteiger partial charge in [0.15, 0.2) is 0 Å². The second-order valence-electron chi connectivity index (χ2n) is 3.77. The van der Waals surface area contributed by atoms with Crippen LogP contribution < -0.4 is 0 Å². The van der Waals surface area contributed by atoms with Gasteiger partial charge in [0.05, 0.1) is 11.8 Å². The van der Waals surface area contributed by atoms with Crippen LogP contribution in [-0.4, -0.2) is 10.1 Å². The van der Waals surface area contributed by atoms with E-state index in [-0.39, 0.29) is 0 Å². The number of nitrogens with zero attached hydrogens (tertiary/aromatic N) is 1. The number of benzene rings is 1. The second-order valence-corrected chi connectivity index (χ2v) is 4.89. The number of rotatable bonds is 3. The molecule has 1 aromatic heterocycles. The molecule has 0 saturated carbocycles. The van der Waals surface area contributed by atoms with Crippen molar-refractivity contribution in [2.75, 3.05) is 0 Å². The molecule has 0 amide bonds. The van der Waals surface area contributed by atoms with Crippen molar-refractivity contribution in [1.29, 1.82) is 0 Å². The molecule has 0 fully saturated rings. The third-order valence-electron chi connectivity index (χ3n) is 2.31. The molecule has 0 aliphatic carbocycles. The number of aliphatic hydroxyl groups excluding tert-OH is 1. The summed E-state index contributed by atoms with van der Waals surface area (Å²) in [7, 11) is 0. The van der Waals surface area contributed by atoms with Crippen LogP contribution in [0.15, 0.2) is 46.3 Å². The van der Waals surface area contributed by atoms with Gasteiger partial charge >= 0.3 is 0 Å². The van der Waals surface area contributed by atoms with E-state index in [0.717, 1.165) is 22.7 Å². The summed E-state index contributed by atoms with van der Waals surface area (Å²) in [6.07, 6.45) is 0.918. The van der Waals surface area contributed by atoms with Crippen molar-refractivity contribution in [2.45, 2.75) is 22.8 Å². The predicted molar refractivity (Wildman–Crippen MR) is 65.4 cm³/mol. The van der Waals surface area contributed by atoms with Crippen LogP contribution in [0.5, 0.6) is 0 Å². The number of hydrogen-bond acceptors (Lipinski definition) is 3. The molecule has 0 spiro atoms. The molecule has 0 radical (unpaired) electrons. The molecule has 2 nitrogen and oxygen atoms in total. The molecular weight excluding hydrogens is 256 g/mol. The van der Waals surface area contributed by atoms with Crippen molar-refractivity contribution in [3.8, 4) is 0 Å². The predicted octanol–water partition coefficient (Wildman–Crippen LogP) is 3.56. The van der Waals surface area contributed by atoms with Crippen molar-refractivity contribution in [3.63, 3.8) is 0 Å². The van der Waals surface area contributed by atoms with Crippen LogP contribution in [-0.2, 0) is 0 Å². The maximum Gasteiger partial charge on any atom is 0.140 e. The lowest BCUT2D eigenvalue weighted by Crippen LogP contribution is -1.94. The van der Waals surface area contributed by atoms with Crippen LogP contribution >= 0.6 is 11.8 Å². The van der Waals surface area contributed by atoms with Gasteiger partial charge in [-0.2, -0.15) is 0 Å². The van der Waals surface area contributed by atoms with E-state index in [1.54, 1.807) is 25.3 Å². The molecule has 0 saturated heterocycles. The molecule has 2 rings (SSSR count). The monoisotopic (exact) mass is 267 g/mol. The Morgan fingerprint density at radius 2 is 2.00 bits per heavy atom. The minimum Gasteiger partial charge on any atom is -0.387 e. The number of pyridine rings is 1. The average Bonchev–Trinajstić information content (AvgIpc) is 2.33. The normalized spacial score (nSPS) is 12.4. The van der Waals surface area contributed by atoms with E-state index >= 15 is 0 Å². The minimum absolute atomic E-state index is 0.336. The van der Waals surface area contributed by atoms with Crippen LogP contribution in [0, 0.1) is 11.6 Å². The zero-order valence-electron chi connectivity index (χ0n) is 9.60. The van der Waals surface area contributed by atoms with Crippen LogP contribution in [0.25, 0.3) is 0 Å². The van der Waals surface area contributed by atoms with E-state index in [4.69, 9.17) is 0 Å². The molecule has 1 N–H and O–H groups in total. The average molecular weight is 267 g/mol. The molecule has 1 atom stereocenters. The van der Waals surface area contributed by atoms with Gasteiger partial charge in [-0.25, -0.2) is 8.78 Å². The van der Waals surface area contributed by atoms with Gasteiger partial charge in [0, 0.05) is 22.1 Å². The van der Waals surface area contributed by atoms with E-state index in [9.17, 15) is 13.9 Å². The van der Waals surface area contributed by atoms with Crippen molar-refractivity contribution in [3.05, 3.63) is 53.9 Å². The Bertz CT molecular complexity index is 543. The molecule has 1 aromatic carbocycles. The molecule has 1 heterocycles. The van der Waals surface area contributed by atoms with Crippen molar-refractivity contribution in [2.24, 2.45) is 0 Å². The maximum atomic E-state index is 13.4. The van der Waals surface area contributed by atoms with Gasteiger partial charge < -0.3 is 5.11 Å². The first-order chi connectivity index (χ1) is 8.56. The minimum atomic E-state index is -0.633. The zero-order chi connectivity index (χ0) is 13.1. The Morgan fingerprint density at radius 3 is 2.56 bits per heavy atom. The lowest BCUT2D eigenvalue weighted by Gasteiger charge is -2.06. The fraction of sp³-hybridized carbons (Fsp3) is 0.154. The van der Waals surface area contributed by atoms with Crippen molar-refractivity contribution < 1.29 is 13.9 Å². The Morgan fingerprint density at radius 1 is 1.22 bits per heavy atom. The fourth-order valence-electron chi connectivity index (χ4n) is 1.38. The van der Waals surface area contributed by atoms with Crippen LogP contribution in [0.2, 0.25) is 0 Å². The molecule has 2 aromatic rings. The highest BCUT2D eigenvalue weighted by Gasteiger charge is 2.07. The summed E-state index contributed by atoms with van der Waals surface area (Å²) >= 11 is 1.16. The smallest absolute Gasteiger partial charge is 0.140 e. The second kappa shape index (κ2) is 5.46. The fourth-order valence-corrected chi connectivity index (χ4v) is 2.17. The molecule has 18 heavy (non-hydrogen) atoms. The van der Waals surface area contributed by atoms with Gasteiger partial charge in [-0.1, -0.05) is 11.8 Å². The third kappa shape index (κ3) is 3.05.